The molecule has 5 nitrogen and oxygen atoms in total. The molecule has 0 aromatic rings. The maximum Gasteiger partial charge on any atom is 0.240 e. The fourth-order valence-electron chi connectivity index (χ4n) is 2.31. The molecule has 98 valence electrons. The summed E-state index contributed by atoms with van der Waals surface area (Å²) >= 11 is 0. The van der Waals surface area contributed by atoms with Gasteiger partial charge in [0.25, 0.3) is 0 Å². The van der Waals surface area contributed by atoms with E-state index in [4.69, 9.17) is 11.5 Å². The van der Waals surface area contributed by atoms with Crippen LogP contribution < -0.4 is 11.5 Å². The minimum absolute atomic E-state index is 0.137. The molecule has 0 bridgehead atoms. The second-order valence-corrected chi connectivity index (χ2v) is 5.18. The number of nitrogens with zero attached hydrogens (tertiary/aromatic N) is 1. The first-order chi connectivity index (χ1) is 7.93. The Morgan fingerprint density at radius 1 is 1.35 bits per heavy atom. The molecule has 0 aliphatic carbocycles. The van der Waals surface area contributed by atoms with Crippen LogP contribution in [0, 0.1) is 5.92 Å². The van der Waals surface area contributed by atoms with E-state index in [0.717, 1.165) is 12.8 Å². The van der Waals surface area contributed by atoms with Crippen LogP contribution in [-0.4, -0.2) is 35.3 Å². The van der Waals surface area contributed by atoms with Crippen LogP contribution in [0.4, 0.5) is 0 Å². The minimum Gasteiger partial charge on any atom is -0.368 e. The Morgan fingerprint density at radius 2 is 2.00 bits per heavy atom. The van der Waals surface area contributed by atoms with Crippen molar-refractivity contribution in [1.82, 2.24) is 4.90 Å². The quantitative estimate of drug-likeness (QED) is 0.738. The van der Waals surface area contributed by atoms with Crippen molar-refractivity contribution in [3.8, 4) is 0 Å². The lowest BCUT2D eigenvalue weighted by Crippen LogP contribution is -2.55. The van der Waals surface area contributed by atoms with Crippen LogP contribution in [0.5, 0.6) is 0 Å². The lowest BCUT2D eigenvalue weighted by atomic mass is 9.98. The maximum absolute atomic E-state index is 12.1. The molecule has 2 atom stereocenters. The molecule has 0 saturated carbocycles. The minimum atomic E-state index is -0.519. The molecule has 1 saturated heterocycles. The molecule has 1 rings (SSSR count). The zero-order chi connectivity index (χ0) is 13.0. The number of hydrogen-bond donors (Lipinski definition) is 2. The van der Waals surface area contributed by atoms with Crippen LogP contribution in [0.3, 0.4) is 0 Å². The van der Waals surface area contributed by atoms with E-state index in [9.17, 15) is 9.59 Å². The summed E-state index contributed by atoms with van der Waals surface area (Å²) in [5, 5.41) is 0. The first-order valence-electron chi connectivity index (χ1n) is 6.29. The van der Waals surface area contributed by atoms with Gasteiger partial charge in [0.15, 0.2) is 0 Å². The fraction of sp³-hybridized carbons (Fsp3) is 0.833. The van der Waals surface area contributed by atoms with E-state index < -0.39 is 18.0 Å². The first-order valence-corrected chi connectivity index (χ1v) is 6.29. The molecule has 4 N–H and O–H groups in total. The van der Waals surface area contributed by atoms with E-state index in [1.807, 2.05) is 13.8 Å². The topological polar surface area (TPSA) is 89.4 Å². The van der Waals surface area contributed by atoms with E-state index in [0.29, 0.717) is 25.3 Å². The van der Waals surface area contributed by atoms with Gasteiger partial charge >= 0.3 is 0 Å². The summed E-state index contributed by atoms with van der Waals surface area (Å²) in [5.41, 5.74) is 11.2. The third-order valence-electron chi connectivity index (χ3n) is 3.16. The highest BCUT2D eigenvalue weighted by molar-refractivity contribution is 5.89. The van der Waals surface area contributed by atoms with Crippen LogP contribution in [0.2, 0.25) is 0 Å². The molecule has 2 amide bonds. The molecule has 0 aromatic heterocycles. The van der Waals surface area contributed by atoms with Crippen LogP contribution in [0.25, 0.3) is 0 Å². The highest BCUT2D eigenvalue weighted by Gasteiger charge is 2.33. The summed E-state index contributed by atoms with van der Waals surface area (Å²) in [4.78, 5) is 25.0. The van der Waals surface area contributed by atoms with Crippen molar-refractivity contribution in [2.45, 2.75) is 51.6 Å². The van der Waals surface area contributed by atoms with Gasteiger partial charge in [-0.15, -0.1) is 0 Å². The van der Waals surface area contributed by atoms with Gasteiger partial charge in [-0.1, -0.05) is 13.8 Å². The SMILES string of the molecule is CC(C)C[C@@H](N)C(=O)N1CCCCC1C(N)=O. The second kappa shape index (κ2) is 6.00. The van der Waals surface area contributed by atoms with Gasteiger partial charge in [0.2, 0.25) is 11.8 Å². The molecule has 1 fully saturated rings. The van der Waals surface area contributed by atoms with Crippen molar-refractivity contribution in [3.63, 3.8) is 0 Å². The number of primary amides is 1. The van der Waals surface area contributed by atoms with Gasteiger partial charge in [0.1, 0.15) is 6.04 Å². The van der Waals surface area contributed by atoms with Crippen molar-refractivity contribution in [1.29, 1.82) is 0 Å². The number of likely N-dealkylation sites (tertiary alicyclic amines) is 1. The van der Waals surface area contributed by atoms with Crippen molar-refractivity contribution in [3.05, 3.63) is 0 Å². The fourth-order valence-corrected chi connectivity index (χ4v) is 2.31. The van der Waals surface area contributed by atoms with Gasteiger partial charge in [-0.3, -0.25) is 9.59 Å². The van der Waals surface area contributed by atoms with Crippen LogP contribution in [0.1, 0.15) is 39.5 Å². The highest BCUT2D eigenvalue weighted by Crippen LogP contribution is 2.18. The zero-order valence-corrected chi connectivity index (χ0v) is 10.7. The predicted molar refractivity (Wildman–Crippen MR) is 66.0 cm³/mol. The molecule has 0 radical (unpaired) electrons. The zero-order valence-electron chi connectivity index (χ0n) is 10.7. The monoisotopic (exact) mass is 241 g/mol. The van der Waals surface area contributed by atoms with E-state index in [1.54, 1.807) is 4.90 Å². The largest absolute Gasteiger partial charge is 0.368 e. The lowest BCUT2D eigenvalue weighted by molar-refractivity contribution is -0.142. The van der Waals surface area contributed by atoms with Gasteiger partial charge in [-0.2, -0.15) is 0 Å². The average molecular weight is 241 g/mol. The number of hydrogen-bond acceptors (Lipinski definition) is 3. The molecule has 5 heteroatoms. The van der Waals surface area contributed by atoms with Gasteiger partial charge in [0.05, 0.1) is 6.04 Å². The number of amides is 2. The van der Waals surface area contributed by atoms with Gasteiger partial charge in [0, 0.05) is 6.54 Å². The molecule has 17 heavy (non-hydrogen) atoms. The smallest absolute Gasteiger partial charge is 0.240 e. The van der Waals surface area contributed by atoms with Crippen molar-refractivity contribution in [2.75, 3.05) is 6.54 Å². The Labute approximate surface area is 103 Å². The summed E-state index contributed by atoms with van der Waals surface area (Å²) in [5.74, 6) is -0.192. The Balaban J connectivity index is 2.67. The summed E-state index contributed by atoms with van der Waals surface area (Å²) < 4.78 is 0. The molecule has 1 aliphatic heterocycles. The Kier molecular flexibility index (Phi) is 4.93. The number of carbonyl (C=O) groups is 2. The molecule has 1 heterocycles. The molecule has 1 unspecified atom stereocenters. The number of rotatable bonds is 4. The normalized spacial score (nSPS) is 22.6. The lowest BCUT2D eigenvalue weighted by Gasteiger charge is -2.35. The van der Waals surface area contributed by atoms with E-state index in [2.05, 4.69) is 0 Å². The Hall–Kier alpha value is -1.10. The van der Waals surface area contributed by atoms with Crippen LogP contribution in [0.15, 0.2) is 0 Å². The maximum atomic E-state index is 12.1. The molecular formula is C12H23N3O2. The van der Waals surface area contributed by atoms with Gasteiger partial charge in [-0.05, 0) is 31.6 Å². The van der Waals surface area contributed by atoms with Crippen molar-refractivity contribution in [2.24, 2.45) is 17.4 Å². The summed E-state index contributed by atoms with van der Waals surface area (Å²) in [7, 11) is 0. The Morgan fingerprint density at radius 3 is 2.53 bits per heavy atom. The number of nitrogens with two attached hydrogens (primary N) is 2. The molecular weight excluding hydrogens is 218 g/mol. The van der Waals surface area contributed by atoms with Crippen molar-refractivity contribution >= 4 is 11.8 Å². The third kappa shape index (κ3) is 3.70. The summed E-state index contributed by atoms with van der Waals surface area (Å²) in [6.07, 6.45) is 3.16. The second-order valence-electron chi connectivity index (χ2n) is 5.18. The van der Waals surface area contributed by atoms with E-state index in [1.165, 1.54) is 0 Å². The van der Waals surface area contributed by atoms with Crippen LogP contribution in [-0.2, 0) is 9.59 Å². The van der Waals surface area contributed by atoms with Gasteiger partial charge in [-0.25, -0.2) is 0 Å². The molecule has 0 spiro atoms. The van der Waals surface area contributed by atoms with Gasteiger partial charge < -0.3 is 16.4 Å². The third-order valence-corrected chi connectivity index (χ3v) is 3.16. The van der Waals surface area contributed by atoms with Crippen molar-refractivity contribution < 1.29 is 9.59 Å². The Bertz CT molecular complexity index is 291. The number of piperidine rings is 1. The number of carbonyl (C=O) groups excluding carboxylic acids is 2. The summed E-state index contributed by atoms with van der Waals surface area (Å²) in [6, 6.07) is -0.982. The molecule has 0 aromatic carbocycles. The van der Waals surface area contributed by atoms with Crippen LogP contribution >= 0.6 is 0 Å². The van der Waals surface area contributed by atoms with E-state index in [-0.39, 0.29) is 5.91 Å². The highest BCUT2D eigenvalue weighted by atomic mass is 16.2. The summed E-state index contributed by atoms with van der Waals surface area (Å²) in [6.45, 7) is 4.64. The predicted octanol–water partition coefficient (Wildman–Crippen LogP) is 0.226. The van der Waals surface area contributed by atoms with E-state index >= 15 is 0 Å². The molecule has 1 aliphatic rings. The first kappa shape index (κ1) is 14.0. The standard InChI is InChI=1S/C12H23N3O2/c1-8(2)7-9(13)12(17)15-6-4-3-5-10(15)11(14)16/h8-10H,3-7,13H2,1-2H3,(H2,14,16)/t9-,10?/m1/s1. The average Bonchev–Trinajstić information content (AvgIpc) is 2.27.